The van der Waals surface area contributed by atoms with E-state index in [1.807, 2.05) is 0 Å². The third-order valence-electron chi connectivity index (χ3n) is 2.36. The molecule has 0 bridgehead atoms. The van der Waals surface area contributed by atoms with Crippen molar-refractivity contribution in [1.82, 2.24) is 10.4 Å². The minimum absolute atomic E-state index is 0.107. The number of nitrogens with one attached hydrogen (secondary N) is 1. The lowest BCUT2D eigenvalue weighted by Gasteiger charge is -2.02. The maximum absolute atomic E-state index is 11.8. The SMILES string of the molecule is O=C(NN=Cc1c(Cl)cccc1Cl)c1cccnc1Cl. The molecule has 1 heterocycles. The summed E-state index contributed by atoms with van der Waals surface area (Å²) in [5.41, 5.74) is 3.09. The van der Waals surface area contributed by atoms with Gasteiger partial charge in [-0.15, -0.1) is 0 Å². The van der Waals surface area contributed by atoms with Gasteiger partial charge in [-0.3, -0.25) is 4.79 Å². The first kappa shape index (κ1) is 14.8. The van der Waals surface area contributed by atoms with Crippen LogP contribution in [-0.4, -0.2) is 17.1 Å². The first-order valence-electron chi connectivity index (χ1n) is 5.47. The molecule has 1 aromatic carbocycles. The number of halogens is 3. The maximum atomic E-state index is 11.8. The van der Waals surface area contributed by atoms with Crippen LogP contribution in [0.1, 0.15) is 15.9 Å². The molecule has 1 amide bonds. The maximum Gasteiger partial charge on any atom is 0.274 e. The molecule has 2 aromatic rings. The molecule has 20 heavy (non-hydrogen) atoms. The summed E-state index contributed by atoms with van der Waals surface area (Å²) in [5, 5.41) is 4.79. The van der Waals surface area contributed by atoms with Gasteiger partial charge < -0.3 is 0 Å². The largest absolute Gasteiger partial charge is 0.274 e. The van der Waals surface area contributed by atoms with Crippen molar-refractivity contribution in [2.45, 2.75) is 0 Å². The number of carbonyl (C=O) groups is 1. The summed E-state index contributed by atoms with van der Waals surface area (Å²) in [5.74, 6) is -0.470. The van der Waals surface area contributed by atoms with Gasteiger partial charge in [0.2, 0.25) is 0 Å². The van der Waals surface area contributed by atoms with Crippen molar-refractivity contribution in [3.63, 3.8) is 0 Å². The van der Waals surface area contributed by atoms with E-state index < -0.39 is 5.91 Å². The number of rotatable bonds is 3. The van der Waals surface area contributed by atoms with Crippen LogP contribution in [0.3, 0.4) is 0 Å². The van der Waals surface area contributed by atoms with Gasteiger partial charge in [0.1, 0.15) is 5.15 Å². The molecule has 0 spiro atoms. The average molecular weight is 329 g/mol. The smallest absolute Gasteiger partial charge is 0.267 e. The number of hydrazone groups is 1. The van der Waals surface area contributed by atoms with E-state index in [0.717, 1.165) is 0 Å². The Kier molecular flexibility index (Phi) is 4.95. The van der Waals surface area contributed by atoms with E-state index in [1.54, 1.807) is 30.3 Å². The summed E-state index contributed by atoms with van der Waals surface area (Å²) in [7, 11) is 0. The molecule has 0 saturated heterocycles. The van der Waals surface area contributed by atoms with Gasteiger partial charge in [0.15, 0.2) is 0 Å². The molecular formula is C13H8Cl3N3O. The normalized spacial score (nSPS) is 10.8. The van der Waals surface area contributed by atoms with Gasteiger partial charge in [-0.05, 0) is 24.3 Å². The van der Waals surface area contributed by atoms with Crippen LogP contribution in [0, 0.1) is 0 Å². The zero-order chi connectivity index (χ0) is 14.5. The minimum atomic E-state index is -0.470. The van der Waals surface area contributed by atoms with Crippen LogP contribution in [-0.2, 0) is 0 Å². The van der Waals surface area contributed by atoms with E-state index >= 15 is 0 Å². The number of amides is 1. The molecule has 0 aliphatic heterocycles. The average Bonchev–Trinajstić information content (AvgIpc) is 2.42. The summed E-state index contributed by atoms with van der Waals surface area (Å²) in [6.45, 7) is 0. The molecule has 102 valence electrons. The molecule has 0 atom stereocenters. The Labute approximate surface area is 130 Å². The standard InChI is InChI=1S/C13H8Cl3N3O/c14-10-4-1-5-11(15)9(10)7-18-19-13(20)8-3-2-6-17-12(8)16/h1-7H,(H,19,20). The van der Waals surface area contributed by atoms with Crippen molar-refractivity contribution in [1.29, 1.82) is 0 Å². The zero-order valence-corrected chi connectivity index (χ0v) is 12.2. The van der Waals surface area contributed by atoms with E-state index in [-0.39, 0.29) is 10.7 Å². The monoisotopic (exact) mass is 327 g/mol. The Morgan fingerprint density at radius 3 is 2.50 bits per heavy atom. The molecule has 7 heteroatoms. The lowest BCUT2D eigenvalue weighted by atomic mass is 10.2. The predicted molar refractivity (Wildman–Crippen MR) is 80.8 cm³/mol. The van der Waals surface area contributed by atoms with E-state index in [4.69, 9.17) is 34.8 Å². The molecule has 0 fully saturated rings. The second kappa shape index (κ2) is 6.70. The number of pyridine rings is 1. The van der Waals surface area contributed by atoms with Crippen LogP contribution in [0.5, 0.6) is 0 Å². The number of benzene rings is 1. The number of nitrogens with zero attached hydrogens (tertiary/aromatic N) is 2. The molecular weight excluding hydrogens is 321 g/mol. The molecule has 0 saturated carbocycles. The highest BCUT2D eigenvalue weighted by Gasteiger charge is 2.09. The van der Waals surface area contributed by atoms with Crippen LogP contribution in [0.25, 0.3) is 0 Å². The summed E-state index contributed by atoms with van der Waals surface area (Å²) < 4.78 is 0. The van der Waals surface area contributed by atoms with Gasteiger partial charge in [-0.2, -0.15) is 5.10 Å². The Bertz CT molecular complexity index is 653. The highest BCUT2D eigenvalue weighted by atomic mass is 35.5. The number of aromatic nitrogens is 1. The van der Waals surface area contributed by atoms with Crippen LogP contribution in [0.2, 0.25) is 15.2 Å². The molecule has 0 radical (unpaired) electrons. The molecule has 1 N–H and O–H groups in total. The number of hydrogen-bond donors (Lipinski definition) is 1. The lowest BCUT2D eigenvalue weighted by Crippen LogP contribution is -2.18. The van der Waals surface area contributed by atoms with Crippen LogP contribution in [0.15, 0.2) is 41.6 Å². The lowest BCUT2D eigenvalue weighted by molar-refractivity contribution is 0.0955. The molecule has 0 unspecified atom stereocenters. The van der Waals surface area contributed by atoms with Crippen molar-refractivity contribution in [2.75, 3.05) is 0 Å². The van der Waals surface area contributed by atoms with Crippen LogP contribution in [0.4, 0.5) is 0 Å². The highest BCUT2D eigenvalue weighted by molar-refractivity contribution is 6.38. The Balaban J connectivity index is 2.11. The van der Waals surface area contributed by atoms with Crippen molar-refractivity contribution >= 4 is 46.9 Å². The molecule has 0 aliphatic carbocycles. The summed E-state index contributed by atoms with van der Waals surface area (Å²) >= 11 is 17.7. The van der Waals surface area contributed by atoms with Crippen molar-refractivity contribution < 1.29 is 4.79 Å². The molecule has 2 rings (SSSR count). The number of hydrogen-bond acceptors (Lipinski definition) is 3. The van der Waals surface area contributed by atoms with E-state index in [2.05, 4.69) is 15.5 Å². The van der Waals surface area contributed by atoms with Crippen LogP contribution >= 0.6 is 34.8 Å². The highest BCUT2D eigenvalue weighted by Crippen LogP contribution is 2.22. The van der Waals surface area contributed by atoms with E-state index in [9.17, 15) is 4.79 Å². The van der Waals surface area contributed by atoms with Gasteiger partial charge in [0, 0.05) is 11.8 Å². The van der Waals surface area contributed by atoms with E-state index in [0.29, 0.717) is 15.6 Å². The first-order chi connectivity index (χ1) is 9.59. The summed E-state index contributed by atoms with van der Waals surface area (Å²) in [6.07, 6.45) is 2.86. The fourth-order valence-electron chi connectivity index (χ4n) is 1.41. The van der Waals surface area contributed by atoms with Gasteiger partial charge in [0.25, 0.3) is 5.91 Å². The third-order valence-corrected chi connectivity index (χ3v) is 3.32. The zero-order valence-electron chi connectivity index (χ0n) is 9.98. The molecule has 4 nitrogen and oxygen atoms in total. The topological polar surface area (TPSA) is 54.4 Å². The van der Waals surface area contributed by atoms with Gasteiger partial charge in [0.05, 0.1) is 21.8 Å². The Morgan fingerprint density at radius 2 is 1.85 bits per heavy atom. The Morgan fingerprint density at radius 1 is 1.15 bits per heavy atom. The Hall–Kier alpha value is -1.62. The van der Waals surface area contributed by atoms with Crippen LogP contribution < -0.4 is 5.43 Å². The quantitative estimate of drug-likeness (QED) is 0.529. The third kappa shape index (κ3) is 3.48. The molecule has 0 aliphatic rings. The van der Waals surface area contributed by atoms with Crippen molar-refractivity contribution in [3.8, 4) is 0 Å². The fourth-order valence-corrected chi connectivity index (χ4v) is 2.11. The van der Waals surface area contributed by atoms with Crippen molar-refractivity contribution in [2.24, 2.45) is 5.10 Å². The summed E-state index contributed by atoms with van der Waals surface area (Å²) in [6, 6.07) is 8.22. The van der Waals surface area contributed by atoms with Gasteiger partial charge in [-0.1, -0.05) is 40.9 Å². The summed E-state index contributed by atoms with van der Waals surface area (Å²) in [4.78, 5) is 15.6. The van der Waals surface area contributed by atoms with Crippen molar-refractivity contribution in [3.05, 3.63) is 62.9 Å². The second-order valence-electron chi connectivity index (χ2n) is 3.68. The van der Waals surface area contributed by atoms with E-state index in [1.165, 1.54) is 12.4 Å². The molecule has 1 aromatic heterocycles. The number of carbonyl (C=O) groups excluding carboxylic acids is 1. The second-order valence-corrected chi connectivity index (χ2v) is 4.85. The predicted octanol–water partition coefficient (Wildman–Crippen LogP) is 3.81. The fraction of sp³-hybridized carbons (Fsp3) is 0. The minimum Gasteiger partial charge on any atom is -0.267 e. The first-order valence-corrected chi connectivity index (χ1v) is 6.61. The van der Waals surface area contributed by atoms with Gasteiger partial charge >= 0.3 is 0 Å². The van der Waals surface area contributed by atoms with Gasteiger partial charge in [-0.25, -0.2) is 10.4 Å².